The van der Waals surface area contributed by atoms with Crippen LogP contribution >= 0.6 is 0 Å². The molecule has 5 heteroatoms. The minimum Gasteiger partial charge on any atom is -0.396 e. The van der Waals surface area contributed by atoms with Gasteiger partial charge < -0.3 is 5.73 Å². The minimum atomic E-state index is 0.396. The highest BCUT2D eigenvalue weighted by atomic mass is 15.2. The van der Waals surface area contributed by atoms with Gasteiger partial charge in [0.25, 0.3) is 0 Å². The van der Waals surface area contributed by atoms with E-state index in [0.29, 0.717) is 16.9 Å². The molecule has 2 N–H and O–H groups in total. The lowest BCUT2D eigenvalue weighted by Crippen LogP contribution is -1.96. The SMILES string of the molecule is Cn1cc(-c2nccc(C#N)c2N)cn1. The van der Waals surface area contributed by atoms with Gasteiger partial charge in [0.1, 0.15) is 6.07 Å². The van der Waals surface area contributed by atoms with Crippen molar-refractivity contribution in [1.29, 1.82) is 5.26 Å². The molecule has 0 aromatic carbocycles. The summed E-state index contributed by atoms with van der Waals surface area (Å²) in [6.07, 6.45) is 5.04. The second-order valence-electron chi connectivity index (χ2n) is 3.14. The van der Waals surface area contributed by atoms with E-state index in [4.69, 9.17) is 11.0 Å². The maximum Gasteiger partial charge on any atom is 0.101 e. The molecule has 0 atom stereocenters. The van der Waals surface area contributed by atoms with E-state index < -0.39 is 0 Å². The monoisotopic (exact) mass is 199 g/mol. The van der Waals surface area contributed by atoms with Crippen molar-refractivity contribution in [2.75, 3.05) is 5.73 Å². The molecule has 74 valence electrons. The van der Waals surface area contributed by atoms with Gasteiger partial charge in [-0.3, -0.25) is 9.67 Å². The van der Waals surface area contributed by atoms with Crippen LogP contribution in [0.2, 0.25) is 0 Å². The highest BCUT2D eigenvalue weighted by Crippen LogP contribution is 2.24. The fourth-order valence-corrected chi connectivity index (χ4v) is 1.34. The van der Waals surface area contributed by atoms with Crippen LogP contribution in [0.3, 0.4) is 0 Å². The van der Waals surface area contributed by atoms with Crippen molar-refractivity contribution in [3.63, 3.8) is 0 Å². The molecule has 0 amide bonds. The molecule has 2 aromatic rings. The van der Waals surface area contributed by atoms with Crippen molar-refractivity contribution in [1.82, 2.24) is 14.8 Å². The standard InChI is InChI=1S/C10H9N5/c1-15-6-8(5-14-15)10-9(12)7(4-11)2-3-13-10/h2-3,5-6H,12H2,1H3. The predicted molar refractivity (Wildman–Crippen MR) is 55.6 cm³/mol. The average Bonchev–Trinajstić information content (AvgIpc) is 2.65. The number of rotatable bonds is 1. The van der Waals surface area contributed by atoms with Gasteiger partial charge in [0, 0.05) is 25.0 Å². The Morgan fingerprint density at radius 3 is 2.93 bits per heavy atom. The van der Waals surface area contributed by atoms with Crippen LogP contribution < -0.4 is 5.73 Å². The number of nitrogen functional groups attached to an aromatic ring is 1. The molecule has 0 aliphatic rings. The van der Waals surface area contributed by atoms with E-state index in [-0.39, 0.29) is 0 Å². The van der Waals surface area contributed by atoms with Crippen LogP contribution in [0.5, 0.6) is 0 Å². The van der Waals surface area contributed by atoms with Crippen molar-refractivity contribution >= 4 is 5.69 Å². The molecule has 0 aliphatic carbocycles. The fraction of sp³-hybridized carbons (Fsp3) is 0.100. The first-order valence-corrected chi connectivity index (χ1v) is 4.36. The first-order valence-electron chi connectivity index (χ1n) is 4.36. The zero-order valence-electron chi connectivity index (χ0n) is 8.18. The molecule has 0 unspecified atom stereocenters. The Hall–Kier alpha value is -2.35. The highest BCUT2D eigenvalue weighted by Gasteiger charge is 2.09. The summed E-state index contributed by atoms with van der Waals surface area (Å²) in [5.74, 6) is 0. The van der Waals surface area contributed by atoms with Crippen LogP contribution in [0.1, 0.15) is 5.56 Å². The molecular formula is C10H9N5. The van der Waals surface area contributed by atoms with Crippen LogP contribution in [-0.2, 0) is 7.05 Å². The lowest BCUT2D eigenvalue weighted by atomic mass is 10.1. The second kappa shape index (κ2) is 3.42. The van der Waals surface area contributed by atoms with E-state index in [1.165, 1.54) is 0 Å². The van der Waals surface area contributed by atoms with Crippen LogP contribution in [0, 0.1) is 11.3 Å². The number of anilines is 1. The molecule has 0 spiro atoms. The summed E-state index contributed by atoms with van der Waals surface area (Å²) in [6, 6.07) is 3.61. The first-order chi connectivity index (χ1) is 7.22. The summed E-state index contributed by atoms with van der Waals surface area (Å²) in [4.78, 5) is 4.14. The summed E-state index contributed by atoms with van der Waals surface area (Å²) in [6.45, 7) is 0. The van der Waals surface area contributed by atoms with Crippen molar-refractivity contribution < 1.29 is 0 Å². The summed E-state index contributed by atoms with van der Waals surface area (Å²) >= 11 is 0. The van der Waals surface area contributed by atoms with E-state index in [2.05, 4.69) is 10.1 Å². The average molecular weight is 199 g/mol. The molecular weight excluding hydrogens is 190 g/mol. The molecule has 15 heavy (non-hydrogen) atoms. The molecule has 0 bridgehead atoms. The number of hydrogen-bond acceptors (Lipinski definition) is 4. The zero-order valence-corrected chi connectivity index (χ0v) is 8.18. The van der Waals surface area contributed by atoms with E-state index in [1.807, 2.05) is 13.1 Å². The van der Waals surface area contributed by atoms with Crippen molar-refractivity contribution in [2.24, 2.45) is 7.05 Å². The molecule has 2 rings (SSSR count). The van der Waals surface area contributed by atoms with Crippen LogP contribution in [0.25, 0.3) is 11.3 Å². The maximum atomic E-state index is 8.82. The lowest BCUT2D eigenvalue weighted by Gasteiger charge is -2.02. The Morgan fingerprint density at radius 1 is 1.53 bits per heavy atom. The Balaban J connectivity index is 2.59. The minimum absolute atomic E-state index is 0.396. The van der Waals surface area contributed by atoms with Crippen LogP contribution in [-0.4, -0.2) is 14.8 Å². The number of hydrogen-bond donors (Lipinski definition) is 1. The Kier molecular flexibility index (Phi) is 2.10. The number of nitrogens with two attached hydrogens (primary N) is 1. The fourth-order valence-electron chi connectivity index (χ4n) is 1.34. The van der Waals surface area contributed by atoms with E-state index in [9.17, 15) is 0 Å². The summed E-state index contributed by atoms with van der Waals surface area (Å²) in [7, 11) is 1.81. The molecule has 2 aromatic heterocycles. The first kappa shape index (κ1) is 9.21. The van der Waals surface area contributed by atoms with Gasteiger partial charge in [-0.05, 0) is 6.07 Å². The summed E-state index contributed by atoms with van der Waals surface area (Å²) in [5.41, 5.74) is 8.05. The quantitative estimate of drug-likeness (QED) is 0.741. The Bertz CT molecular complexity index is 535. The highest BCUT2D eigenvalue weighted by molar-refractivity contribution is 5.75. The number of aryl methyl sites for hydroxylation is 1. The van der Waals surface area contributed by atoms with Gasteiger partial charge >= 0.3 is 0 Å². The van der Waals surface area contributed by atoms with E-state index in [0.717, 1.165) is 5.56 Å². The van der Waals surface area contributed by atoms with Gasteiger partial charge in [-0.2, -0.15) is 10.4 Å². The molecule has 2 heterocycles. The number of nitrogens with zero attached hydrogens (tertiary/aromatic N) is 4. The summed E-state index contributed by atoms with van der Waals surface area (Å²) < 4.78 is 1.66. The lowest BCUT2D eigenvalue weighted by molar-refractivity contribution is 0.768. The van der Waals surface area contributed by atoms with Gasteiger partial charge in [-0.15, -0.1) is 0 Å². The third-order valence-electron chi connectivity index (χ3n) is 2.09. The maximum absolute atomic E-state index is 8.82. The number of nitriles is 1. The van der Waals surface area contributed by atoms with E-state index in [1.54, 1.807) is 29.3 Å². The topological polar surface area (TPSA) is 80.5 Å². The smallest absolute Gasteiger partial charge is 0.101 e. The third kappa shape index (κ3) is 1.53. The van der Waals surface area contributed by atoms with Crippen LogP contribution in [0.15, 0.2) is 24.7 Å². The van der Waals surface area contributed by atoms with Crippen molar-refractivity contribution in [3.8, 4) is 17.3 Å². The molecule has 0 saturated carbocycles. The summed E-state index contributed by atoms with van der Waals surface area (Å²) in [5, 5.41) is 12.8. The number of pyridine rings is 1. The van der Waals surface area contributed by atoms with Crippen molar-refractivity contribution in [2.45, 2.75) is 0 Å². The van der Waals surface area contributed by atoms with Gasteiger partial charge in [-0.25, -0.2) is 0 Å². The van der Waals surface area contributed by atoms with Gasteiger partial charge in [0.15, 0.2) is 0 Å². The normalized spacial score (nSPS) is 9.87. The van der Waals surface area contributed by atoms with Gasteiger partial charge in [-0.1, -0.05) is 0 Å². The second-order valence-corrected chi connectivity index (χ2v) is 3.14. The Labute approximate surface area is 86.8 Å². The van der Waals surface area contributed by atoms with Gasteiger partial charge in [0.05, 0.1) is 23.1 Å². The molecule has 0 fully saturated rings. The van der Waals surface area contributed by atoms with Crippen molar-refractivity contribution in [3.05, 3.63) is 30.2 Å². The van der Waals surface area contributed by atoms with Crippen LogP contribution in [0.4, 0.5) is 5.69 Å². The molecule has 5 nitrogen and oxygen atoms in total. The van der Waals surface area contributed by atoms with Gasteiger partial charge in [0.2, 0.25) is 0 Å². The predicted octanol–water partition coefficient (Wildman–Crippen LogP) is 0.936. The number of aromatic nitrogens is 3. The third-order valence-corrected chi connectivity index (χ3v) is 2.09. The molecule has 0 aliphatic heterocycles. The largest absolute Gasteiger partial charge is 0.396 e. The van der Waals surface area contributed by atoms with E-state index >= 15 is 0 Å². The Morgan fingerprint density at radius 2 is 2.33 bits per heavy atom. The molecule has 0 saturated heterocycles. The molecule has 0 radical (unpaired) electrons. The zero-order chi connectivity index (χ0) is 10.8.